The Morgan fingerprint density at radius 2 is 1.71 bits per heavy atom. The van der Waals surface area contributed by atoms with Gasteiger partial charge in [0.25, 0.3) is 0 Å². The summed E-state index contributed by atoms with van der Waals surface area (Å²) in [6, 6.07) is -0.908. The summed E-state index contributed by atoms with van der Waals surface area (Å²) >= 11 is -0.281. The standard InChI is InChI=1S/C11H17F3N2O4S/c1-10(2,6-8(18)19)5-7(17)16-9(20)15-3-4-21-11(12,13)14/h3-6H2,1-2H3,(H,18,19)(H2,15,16,17,20). The van der Waals surface area contributed by atoms with Crippen LogP contribution in [0.4, 0.5) is 18.0 Å². The Morgan fingerprint density at radius 1 is 1.14 bits per heavy atom. The van der Waals surface area contributed by atoms with Crippen LogP contribution in [0.2, 0.25) is 0 Å². The van der Waals surface area contributed by atoms with Crippen molar-refractivity contribution in [3.63, 3.8) is 0 Å². The SMILES string of the molecule is CC(C)(CC(=O)O)CC(=O)NC(=O)NCCSC(F)(F)F. The number of carboxylic acid groups (broad SMARTS) is 1. The van der Waals surface area contributed by atoms with E-state index >= 15 is 0 Å². The van der Waals surface area contributed by atoms with Crippen LogP contribution in [0.1, 0.15) is 26.7 Å². The summed E-state index contributed by atoms with van der Waals surface area (Å²) in [6.45, 7) is 2.86. The lowest BCUT2D eigenvalue weighted by Crippen LogP contribution is -2.42. The molecule has 6 nitrogen and oxygen atoms in total. The van der Waals surface area contributed by atoms with Gasteiger partial charge in [-0.05, 0) is 17.2 Å². The fourth-order valence-electron chi connectivity index (χ4n) is 1.45. The Morgan fingerprint density at radius 3 is 2.19 bits per heavy atom. The Bertz CT molecular complexity index is 399. The number of thioether (sulfide) groups is 1. The second-order valence-corrected chi connectivity index (χ2v) is 6.17. The Labute approximate surface area is 123 Å². The number of carbonyl (C=O) groups excluding carboxylic acids is 2. The third-order valence-electron chi connectivity index (χ3n) is 2.18. The summed E-state index contributed by atoms with van der Waals surface area (Å²) in [5.74, 6) is -2.13. The lowest BCUT2D eigenvalue weighted by Gasteiger charge is -2.21. The molecule has 0 heterocycles. The van der Waals surface area contributed by atoms with Gasteiger partial charge in [-0.25, -0.2) is 4.79 Å². The molecule has 0 saturated carbocycles. The van der Waals surface area contributed by atoms with Crippen LogP contribution >= 0.6 is 11.8 Å². The van der Waals surface area contributed by atoms with Crippen LogP contribution in [-0.4, -0.2) is 40.8 Å². The maximum Gasteiger partial charge on any atom is 0.441 e. The topological polar surface area (TPSA) is 95.5 Å². The molecule has 0 rings (SSSR count). The van der Waals surface area contributed by atoms with E-state index in [9.17, 15) is 27.6 Å². The van der Waals surface area contributed by atoms with E-state index in [2.05, 4.69) is 5.32 Å². The average molecular weight is 330 g/mol. The Kier molecular flexibility index (Phi) is 7.55. The maximum atomic E-state index is 11.8. The van der Waals surface area contributed by atoms with Crippen LogP contribution in [0.3, 0.4) is 0 Å². The first-order valence-corrected chi connectivity index (χ1v) is 6.90. The third-order valence-corrected chi connectivity index (χ3v) is 2.91. The first kappa shape index (κ1) is 19.6. The van der Waals surface area contributed by atoms with E-state index in [-0.39, 0.29) is 36.9 Å². The van der Waals surface area contributed by atoms with E-state index in [1.54, 1.807) is 13.8 Å². The number of alkyl halides is 3. The molecule has 0 spiro atoms. The van der Waals surface area contributed by atoms with E-state index in [1.165, 1.54) is 0 Å². The summed E-state index contributed by atoms with van der Waals surface area (Å²) < 4.78 is 35.4. The van der Waals surface area contributed by atoms with E-state index < -0.39 is 28.8 Å². The number of rotatable bonds is 7. The number of hydrogen-bond donors (Lipinski definition) is 3. The minimum absolute atomic E-state index is 0.190. The Balaban J connectivity index is 4.00. The second kappa shape index (κ2) is 8.11. The zero-order valence-electron chi connectivity index (χ0n) is 11.5. The number of aliphatic carboxylic acids is 1. The third kappa shape index (κ3) is 12.0. The number of carboxylic acids is 1. The quantitative estimate of drug-likeness (QED) is 0.620. The second-order valence-electron chi connectivity index (χ2n) is 5.01. The Hall–Kier alpha value is -1.45. The van der Waals surface area contributed by atoms with Crippen LogP contribution in [0.15, 0.2) is 0 Å². The highest BCUT2D eigenvalue weighted by Crippen LogP contribution is 2.29. The minimum atomic E-state index is -4.37. The van der Waals surface area contributed by atoms with Gasteiger partial charge in [-0.1, -0.05) is 13.8 Å². The summed E-state index contributed by atoms with van der Waals surface area (Å²) in [7, 11) is 0. The van der Waals surface area contributed by atoms with Crippen molar-refractivity contribution >= 4 is 29.7 Å². The monoisotopic (exact) mass is 330 g/mol. The molecular formula is C11H17F3N2O4S. The van der Waals surface area contributed by atoms with Gasteiger partial charge in [0.05, 0.1) is 6.42 Å². The zero-order valence-corrected chi connectivity index (χ0v) is 12.4. The van der Waals surface area contributed by atoms with Crippen LogP contribution in [0, 0.1) is 5.41 Å². The molecular weight excluding hydrogens is 313 g/mol. The number of carbonyl (C=O) groups is 3. The van der Waals surface area contributed by atoms with Crippen LogP contribution in [0.25, 0.3) is 0 Å². The molecule has 3 amide bonds. The predicted octanol–water partition coefficient (Wildman–Crippen LogP) is 1.96. The molecule has 0 atom stereocenters. The van der Waals surface area contributed by atoms with Gasteiger partial charge in [-0.3, -0.25) is 14.9 Å². The molecule has 122 valence electrons. The molecule has 0 aliphatic carbocycles. The average Bonchev–Trinajstić information content (AvgIpc) is 2.19. The highest BCUT2D eigenvalue weighted by molar-refractivity contribution is 8.00. The molecule has 10 heteroatoms. The van der Waals surface area contributed by atoms with Gasteiger partial charge in [0.1, 0.15) is 0 Å². The van der Waals surface area contributed by atoms with Gasteiger partial charge in [0, 0.05) is 18.7 Å². The first-order chi connectivity index (χ1) is 9.41. The van der Waals surface area contributed by atoms with Gasteiger partial charge in [-0.2, -0.15) is 13.2 Å². The molecule has 0 aliphatic rings. The van der Waals surface area contributed by atoms with Crippen molar-refractivity contribution in [2.24, 2.45) is 5.41 Å². The molecule has 0 aliphatic heterocycles. The summed E-state index contributed by atoms with van der Waals surface area (Å²) in [5.41, 5.74) is -5.20. The highest BCUT2D eigenvalue weighted by Gasteiger charge is 2.28. The molecule has 0 unspecified atom stereocenters. The number of imide groups is 1. The van der Waals surface area contributed by atoms with Crippen LogP contribution < -0.4 is 10.6 Å². The number of amides is 3. The van der Waals surface area contributed by atoms with Crippen molar-refractivity contribution in [3.8, 4) is 0 Å². The van der Waals surface area contributed by atoms with E-state index in [0.29, 0.717) is 0 Å². The smallest absolute Gasteiger partial charge is 0.441 e. The van der Waals surface area contributed by atoms with Gasteiger partial charge in [0.2, 0.25) is 5.91 Å². The molecule has 3 N–H and O–H groups in total. The van der Waals surface area contributed by atoms with E-state index in [4.69, 9.17) is 5.11 Å². The molecule has 0 aromatic heterocycles. The largest absolute Gasteiger partial charge is 0.481 e. The number of hydrogen-bond acceptors (Lipinski definition) is 4. The van der Waals surface area contributed by atoms with Crippen molar-refractivity contribution < 1.29 is 32.7 Å². The lowest BCUT2D eigenvalue weighted by molar-refractivity contribution is -0.139. The molecule has 0 radical (unpaired) electrons. The molecule has 0 bridgehead atoms. The lowest BCUT2D eigenvalue weighted by atomic mass is 9.85. The van der Waals surface area contributed by atoms with Crippen LogP contribution in [0.5, 0.6) is 0 Å². The van der Waals surface area contributed by atoms with Crippen LogP contribution in [-0.2, 0) is 9.59 Å². The molecule has 0 aromatic rings. The number of urea groups is 1. The fourth-order valence-corrected chi connectivity index (χ4v) is 1.89. The summed E-state index contributed by atoms with van der Waals surface area (Å²) in [4.78, 5) is 33.3. The predicted molar refractivity (Wildman–Crippen MR) is 70.7 cm³/mol. The van der Waals surface area contributed by atoms with E-state index in [1.807, 2.05) is 5.32 Å². The van der Waals surface area contributed by atoms with Crippen molar-refractivity contribution in [1.82, 2.24) is 10.6 Å². The fraction of sp³-hybridized carbons (Fsp3) is 0.727. The van der Waals surface area contributed by atoms with Gasteiger partial charge >= 0.3 is 17.5 Å². The normalized spacial score (nSPS) is 11.9. The molecule has 0 fully saturated rings. The minimum Gasteiger partial charge on any atom is -0.481 e. The molecule has 0 aromatic carbocycles. The van der Waals surface area contributed by atoms with Gasteiger partial charge < -0.3 is 10.4 Å². The summed E-state index contributed by atoms with van der Waals surface area (Å²) in [6.07, 6.45) is -0.436. The first-order valence-electron chi connectivity index (χ1n) is 5.91. The van der Waals surface area contributed by atoms with E-state index in [0.717, 1.165) is 0 Å². The zero-order chi connectivity index (χ0) is 16.7. The van der Waals surface area contributed by atoms with Gasteiger partial charge in [-0.15, -0.1) is 0 Å². The maximum absolute atomic E-state index is 11.8. The van der Waals surface area contributed by atoms with Crippen molar-refractivity contribution in [2.75, 3.05) is 12.3 Å². The molecule has 21 heavy (non-hydrogen) atoms. The number of nitrogens with one attached hydrogen (secondary N) is 2. The molecule has 0 saturated heterocycles. The highest BCUT2D eigenvalue weighted by atomic mass is 32.2. The summed E-state index contributed by atoms with van der Waals surface area (Å²) in [5, 5.41) is 12.7. The van der Waals surface area contributed by atoms with Crippen molar-refractivity contribution in [1.29, 1.82) is 0 Å². The van der Waals surface area contributed by atoms with Gasteiger partial charge in [0.15, 0.2) is 0 Å². The number of halogens is 3. The van der Waals surface area contributed by atoms with Crippen molar-refractivity contribution in [3.05, 3.63) is 0 Å². The van der Waals surface area contributed by atoms with Crippen molar-refractivity contribution in [2.45, 2.75) is 32.2 Å².